The SMILES string of the molecule is C=NC(CC)/C(=C\C)COC[C@H]1O[C@@H](C)[C@H](O)[C@@H](C=O)[C@@H]1O. The van der Waals surface area contributed by atoms with E-state index in [4.69, 9.17) is 9.47 Å². The minimum absolute atomic E-state index is 0.0191. The molecule has 0 bridgehead atoms. The van der Waals surface area contributed by atoms with E-state index in [0.29, 0.717) is 12.9 Å². The van der Waals surface area contributed by atoms with Gasteiger partial charge in [0.2, 0.25) is 0 Å². The fourth-order valence-corrected chi connectivity index (χ4v) is 2.67. The monoisotopic (exact) mass is 313 g/mol. The number of rotatable bonds is 8. The summed E-state index contributed by atoms with van der Waals surface area (Å²) in [5.74, 6) is -0.850. The average Bonchev–Trinajstić information content (AvgIpc) is 2.52. The second-order valence-electron chi connectivity index (χ2n) is 5.56. The maximum absolute atomic E-state index is 11.0. The van der Waals surface area contributed by atoms with Crippen molar-refractivity contribution >= 4 is 13.0 Å². The second kappa shape index (κ2) is 9.15. The number of nitrogens with zero attached hydrogens (tertiary/aromatic N) is 1. The molecule has 6 heteroatoms. The van der Waals surface area contributed by atoms with E-state index in [9.17, 15) is 15.0 Å². The Balaban J connectivity index is 2.56. The molecule has 1 fully saturated rings. The van der Waals surface area contributed by atoms with Crippen LogP contribution in [0.1, 0.15) is 27.2 Å². The molecule has 1 aliphatic rings. The van der Waals surface area contributed by atoms with Crippen molar-refractivity contribution in [3.63, 3.8) is 0 Å². The lowest BCUT2D eigenvalue weighted by Crippen LogP contribution is -2.55. The minimum atomic E-state index is -1.07. The van der Waals surface area contributed by atoms with Crippen molar-refractivity contribution in [1.29, 1.82) is 0 Å². The lowest BCUT2D eigenvalue weighted by Gasteiger charge is -2.39. The molecular weight excluding hydrogens is 286 g/mol. The Morgan fingerprint density at radius 3 is 2.64 bits per heavy atom. The first-order valence-electron chi connectivity index (χ1n) is 7.65. The van der Waals surface area contributed by atoms with Crippen molar-refractivity contribution in [1.82, 2.24) is 0 Å². The molecule has 0 aromatic carbocycles. The van der Waals surface area contributed by atoms with Gasteiger partial charge in [0.1, 0.15) is 12.4 Å². The van der Waals surface area contributed by atoms with Crippen LogP contribution in [0.3, 0.4) is 0 Å². The molecule has 0 aliphatic carbocycles. The van der Waals surface area contributed by atoms with Crippen LogP contribution in [0, 0.1) is 5.92 Å². The topological polar surface area (TPSA) is 88.4 Å². The van der Waals surface area contributed by atoms with Gasteiger partial charge in [-0.25, -0.2) is 0 Å². The highest BCUT2D eigenvalue weighted by atomic mass is 16.6. The number of allylic oxidation sites excluding steroid dienone is 1. The Morgan fingerprint density at radius 2 is 2.14 bits per heavy atom. The van der Waals surface area contributed by atoms with Gasteiger partial charge in [0.25, 0.3) is 0 Å². The first kappa shape index (κ1) is 19.0. The molecule has 0 amide bonds. The summed E-state index contributed by atoms with van der Waals surface area (Å²) in [5, 5.41) is 19.9. The number of hydrogen-bond donors (Lipinski definition) is 2. The molecule has 0 spiro atoms. The summed E-state index contributed by atoms with van der Waals surface area (Å²) in [5.41, 5.74) is 1.02. The molecule has 6 nitrogen and oxygen atoms in total. The minimum Gasteiger partial charge on any atom is -0.390 e. The van der Waals surface area contributed by atoms with E-state index in [1.165, 1.54) is 0 Å². The van der Waals surface area contributed by atoms with Crippen molar-refractivity contribution in [3.8, 4) is 0 Å². The average molecular weight is 313 g/mol. The molecule has 1 heterocycles. The second-order valence-corrected chi connectivity index (χ2v) is 5.56. The summed E-state index contributed by atoms with van der Waals surface area (Å²) in [6.45, 7) is 9.69. The van der Waals surface area contributed by atoms with Crippen LogP contribution in [-0.2, 0) is 14.3 Å². The van der Waals surface area contributed by atoms with E-state index < -0.39 is 30.3 Å². The normalized spacial score (nSPS) is 34.2. The van der Waals surface area contributed by atoms with Gasteiger partial charge < -0.3 is 24.5 Å². The number of aldehydes is 1. The predicted molar refractivity (Wildman–Crippen MR) is 84.1 cm³/mol. The van der Waals surface area contributed by atoms with Gasteiger partial charge in [-0.05, 0) is 32.6 Å². The highest BCUT2D eigenvalue weighted by Crippen LogP contribution is 2.25. The Kier molecular flexibility index (Phi) is 7.89. The molecule has 1 unspecified atom stereocenters. The highest BCUT2D eigenvalue weighted by molar-refractivity contribution is 5.56. The molecule has 0 saturated carbocycles. The van der Waals surface area contributed by atoms with Crippen molar-refractivity contribution in [2.24, 2.45) is 10.9 Å². The summed E-state index contributed by atoms with van der Waals surface area (Å²) >= 11 is 0. The summed E-state index contributed by atoms with van der Waals surface area (Å²) in [6.07, 6.45) is 0.136. The molecule has 1 aliphatic heterocycles. The lowest BCUT2D eigenvalue weighted by atomic mass is 9.88. The number of aliphatic hydroxyl groups is 2. The fourth-order valence-electron chi connectivity index (χ4n) is 2.67. The van der Waals surface area contributed by atoms with E-state index in [1.54, 1.807) is 6.92 Å². The van der Waals surface area contributed by atoms with E-state index in [1.807, 2.05) is 19.9 Å². The molecule has 6 atom stereocenters. The number of aliphatic hydroxyl groups excluding tert-OH is 2. The zero-order chi connectivity index (χ0) is 16.7. The molecule has 0 aromatic rings. The summed E-state index contributed by atoms with van der Waals surface area (Å²) < 4.78 is 11.2. The van der Waals surface area contributed by atoms with Crippen LogP contribution in [-0.4, -0.2) is 66.9 Å². The molecule has 1 rings (SSSR count). The predicted octanol–water partition coefficient (Wildman–Crippen LogP) is 0.753. The number of carbonyl (C=O) groups is 1. The first-order chi connectivity index (χ1) is 10.5. The Bertz CT molecular complexity index is 398. The lowest BCUT2D eigenvalue weighted by molar-refractivity contribution is -0.202. The van der Waals surface area contributed by atoms with E-state index in [0.717, 1.165) is 12.0 Å². The van der Waals surface area contributed by atoms with Crippen LogP contribution in [0.25, 0.3) is 0 Å². The van der Waals surface area contributed by atoms with Gasteiger partial charge in [0.05, 0.1) is 43.5 Å². The summed E-state index contributed by atoms with van der Waals surface area (Å²) in [7, 11) is 0. The maximum atomic E-state index is 11.0. The van der Waals surface area contributed by atoms with Crippen molar-refractivity contribution in [2.75, 3.05) is 13.2 Å². The van der Waals surface area contributed by atoms with Crippen LogP contribution < -0.4 is 0 Å². The van der Waals surface area contributed by atoms with Crippen LogP contribution in [0.4, 0.5) is 0 Å². The standard InChI is InChI=1S/C16H27NO5/c1-5-11(13(6-2)17-4)8-21-9-14-16(20)12(7-18)15(19)10(3)22-14/h5,7,10,12-16,19-20H,4,6,8-9H2,1-3H3/b11-5-/t10-,12+,13?,14+,15-,16-/m0/s1. The number of aliphatic imine (C=N–C) groups is 1. The third-order valence-corrected chi connectivity index (χ3v) is 4.15. The first-order valence-corrected chi connectivity index (χ1v) is 7.65. The van der Waals surface area contributed by atoms with Crippen molar-refractivity contribution in [2.45, 2.75) is 57.6 Å². The Morgan fingerprint density at radius 1 is 1.45 bits per heavy atom. The highest BCUT2D eigenvalue weighted by Gasteiger charge is 2.42. The van der Waals surface area contributed by atoms with Crippen LogP contribution in [0.2, 0.25) is 0 Å². The maximum Gasteiger partial charge on any atom is 0.128 e. The van der Waals surface area contributed by atoms with Gasteiger partial charge in [0, 0.05) is 0 Å². The summed E-state index contributed by atoms with van der Waals surface area (Å²) in [4.78, 5) is 15.1. The molecule has 1 saturated heterocycles. The Labute approximate surface area is 131 Å². The van der Waals surface area contributed by atoms with E-state index in [2.05, 4.69) is 11.7 Å². The molecule has 22 heavy (non-hydrogen) atoms. The van der Waals surface area contributed by atoms with Crippen molar-refractivity contribution < 1.29 is 24.5 Å². The fraction of sp³-hybridized carbons (Fsp3) is 0.750. The Hall–Kier alpha value is -1.08. The largest absolute Gasteiger partial charge is 0.390 e. The molecule has 2 N–H and O–H groups in total. The summed E-state index contributed by atoms with van der Waals surface area (Å²) in [6, 6.07) is 0.0191. The third kappa shape index (κ3) is 4.46. The molecule has 0 radical (unpaired) electrons. The van der Waals surface area contributed by atoms with Gasteiger partial charge in [0.15, 0.2) is 0 Å². The quantitative estimate of drug-likeness (QED) is 0.392. The van der Waals surface area contributed by atoms with Gasteiger partial charge in [-0.1, -0.05) is 13.0 Å². The molecule has 0 aromatic heterocycles. The molecular formula is C16H27NO5. The van der Waals surface area contributed by atoms with Crippen LogP contribution in [0.5, 0.6) is 0 Å². The van der Waals surface area contributed by atoms with Gasteiger partial charge in [-0.2, -0.15) is 0 Å². The van der Waals surface area contributed by atoms with E-state index in [-0.39, 0.29) is 12.6 Å². The van der Waals surface area contributed by atoms with Gasteiger partial charge in [-0.15, -0.1) is 0 Å². The number of carbonyl (C=O) groups excluding carboxylic acids is 1. The zero-order valence-corrected chi connectivity index (χ0v) is 13.5. The van der Waals surface area contributed by atoms with Crippen LogP contribution >= 0.6 is 0 Å². The zero-order valence-electron chi connectivity index (χ0n) is 13.5. The van der Waals surface area contributed by atoms with Crippen molar-refractivity contribution in [3.05, 3.63) is 11.6 Å². The smallest absolute Gasteiger partial charge is 0.128 e. The third-order valence-electron chi connectivity index (χ3n) is 4.15. The number of hydrogen-bond acceptors (Lipinski definition) is 6. The molecule has 126 valence electrons. The van der Waals surface area contributed by atoms with Crippen LogP contribution in [0.15, 0.2) is 16.6 Å². The van der Waals surface area contributed by atoms with Gasteiger partial charge >= 0.3 is 0 Å². The van der Waals surface area contributed by atoms with E-state index >= 15 is 0 Å². The number of ether oxygens (including phenoxy) is 2. The van der Waals surface area contributed by atoms with Gasteiger partial charge in [-0.3, -0.25) is 4.99 Å².